The molecule has 2 N–H and O–H groups in total. The first-order chi connectivity index (χ1) is 9.63. The molecule has 0 unspecified atom stereocenters. The second-order valence-electron chi connectivity index (χ2n) is 5.42. The second kappa shape index (κ2) is 5.20. The van der Waals surface area contributed by atoms with Crippen LogP contribution in [0.3, 0.4) is 0 Å². The average molecular weight is 279 g/mol. The number of amides is 1. The molecule has 2 fully saturated rings. The number of aromatic nitrogens is 3. The van der Waals surface area contributed by atoms with Crippen molar-refractivity contribution in [2.45, 2.75) is 18.9 Å². The first-order valence-electron chi connectivity index (χ1n) is 6.77. The molecule has 3 rings (SSSR count). The molecule has 2 aliphatic rings. The number of carboxylic acid groups (broad SMARTS) is 1. The van der Waals surface area contributed by atoms with Crippen LogP contribution in [0.4, 0.5) is 0 Å². The van der Waals surface area contributed by atoms with Gasteiger partial charge in [0.15, 0.2) is 5.69 Å². The van der Waals surface area contributed by atoms with Crippen molar-refractivity contribution in [3.05, 3.63) is 11.9 Å². The number of aromatic carboxylic acids is 1. The molecule has 2 heterocycles. The van der Waals surface area contributed by atoms with Crippen molar-refractivity contribution in [2.75, 3.05) is 26.2 Å². The Morgan fingerprint density at radius 2 is 2.15 bits per heavy atom. The van der Waals surface area contributed by atoms with Crippen LogP contribution in [-0.4, -0.2) is 63.1 Å². The van der Waals surface area contributed by atoms with Crippen LogP contribution in [0.15, 0.2) is 6.20 Å². The fraction of sp³-hybridized carbons (Fsp3) is 0.667. The molecule has 1 saturated carbocycles. The maximum atomic E-state index is 11.8. The summed E-state index contributed by atoms with van der Waals surface area (Å²) in [6.45, 7) is 2.42. The highest BCUT2D eigenvalue weighted by Crippen LogP contribution is 2.27. The molecule has 1 amide bonds. The van der Waals surface area contributed by atoms with E-state index in [1.54, 1.807) is 4.90 Å². The van der Waals surface area contributed by atoms with Crippen molar-refractivity contribution in [1.29, 1.82) is 0 Å². The lowest BCUT2D eigenvalue weighted by Crippen LogP contribution is -2.53. The van der Waals surface area contributed by atoms with Gasteiger partial charge < -0.3 is 15.3 Å². The molecular weight excluding hydrogens is 262 g/mol. The van der Waals surface area contributed by atoms with Gasteiger partial charge in [0, 0.05) is 13.1 Å². The Bertz CT molecular complexity index is 519. The third kappa shape index (κ3) is 2.79. The zero-order chi connectivity index (χ0) is 14.1. The fourth-order valence-corrected chi connectivity index (χ4v) is 2.20. The lowest BCUT2D eigenvalue weighted by molar-refractivity contribution is -0.136. The van der Waals surface area contributed by atoms with Gasteiger partial charge in [0.25, 0.3) is 0 Å². The van der Waals surface area contributed by atoms with E-state index in [0.717, 1.165) is 12.5 Å². The van der Waals surface area contributed by atoms with E-state index in [1.807, 2.05) is 0 Å². The van der Waals surface area contributed by atoms with Gasteiger partial charge in [-0.2, -0.15) is 0 Å². The van der Waals surface area contributed by atoms with Crippen LogP contribution < -0.4 is 5.32 Å². The molecule has 8 heteroatoms. The summed E-state index contributed by atoms with van der Waals surface area (Å²) in [7, 11) is 0. The largest absolute Gasteiger partial charge is 0.476 e. The monoisotopic (exact) mass is 279 g/mol. The van der Waals surface area contributed by atoms with E-state index in [1.165, 1.54) is 23.7 Å². The Kier molecular flexibility index (Phi) is 3.39. The van der Waals surface area contributed by atoms with Gasteiger partial charge in [0.2, 0.25) is 5.91 Å². The van der Waals surface area contributed by atoms with E-state index in [4.69, 9.17) is 5.11 Å². The number of carboxylic acids is 1. The average Bonchev–Trinajstić information content (AvgIpc) is 3.03. The topological polar surface area (TPSA) is 100 Å². The van der Waals surface area contributed by atoms with Crippen molar-refractivity contribution < 1.29 is 14.7 Å². The Hall–Kier alpha value is -1.96. The standard InChI is InChI=1S/C12H17N5O3/c18-11(4-13-3-8-1-2-8)16-5-9(6-16)17-7-10(12(19)20)14-15-17/h7-9,13H,1-6H2,(H,19,20). The maximum Gasteiger partial charge on any atom is 0.358 e. The van der Waals surface area contributed by atoms with Gasteiger partial charge in [-0.1, -0.05) is 5.21 Å². The SMILES string of the molecule is O=C(O)c1cn(C2CN(C(=O)CNCC3CC3)C2)nn1. The Morgan fingerprint density at radius 1 is 1.40 bits per heavy atom. The first-order valence-corrected chi connectivity index (χ1v) is 6.77. The Balaban J connectivity index is 1.42. The Labute approximate surface area is 115 Å². The van der Waals surface area contributed by atoms with Crippen LogP contribution in [-0.2, 0) is 4.79 Å². The highest BCUT2D eigenvalue weighted by Gasteiger charge is 2.33. The second-order valence-corrected chi connectivity index (χ2v) is 5.42. The van der Waals surface area contributed by atoms with Gasteiger partial charge in [0.05, 0.1) is 18.8 Å². The summed E-state index contributed by atoms with van der Waals surface area (Å²) in [6, 6.07) is 0.0305. The van der Waals surface area contributed by atoms with Crippen molar-refractivity contribution in [2.24, 2.45) is 5.92 Å². The number of rotatable bonds is 6. The van der Waals surface area contributed by atoms with E-state index >= 15 is 0 Å². The van der Waals surface area contributed by atoms with Gasteiger partial charge in [-0.15, -0.1) is 5.10 Å². The summed E-state index contributed by atoms with van der Waals surface area (Å²) in [5.41, 5.74) is -0.0686. The fourth-order valence-electron chi connectivity index (χ4n) is 2.20. The van der Waals surface area contributed by atoms with Crippen LogP contribution >= 0.6 is 0 Å². The molecule has 1 aliphatic carbocycles. The maximum absolute atomic E-state index is 11.8. The molecule has 1 aliphatic heterocycles. The van der Waals surface area contributed by atoms with Crippen LogP contribution in [0.25, 0.3) is 0 Å². The number of nitrogens with one attached hydrogen (secondary N) is 1. The molecule has 1 aromatic rings. The molecule has 1 saturated heterocycles. The van der Waals surface area contributed by atoms with Crippen LogP contribution in [0.5, 0.6) is 0 Å². The zero-order valence-corrected chi connectivity index (χ0v) is 11.0. The van der Waals surface area contributed by atoms with Gasteiger partial charge in [-0.25, -0.2) is 9.48 Å². The summed E-state index contributed by atoms with van der Waals surface area (Å²) in [5, 5.41) is 19.3. The van der Waals surface area contributed by atoms with Crippen LogP contribution in [0.1, 0.15) is 29.4 Å². The molecule has 0 aromatic carbocycles. The predicted octanol–water partition coefficient (Wildman–Crippen LogP) is -0.641. The summed E-state index contributed by atoms with van der Waals surface area (Å²) < 4.78 is 1.52. The molecule has 20 heavy (non-hydrogen) atoms. The molecule has 8 nitrogen and oxygen atoms in total. The summed E-state index contributed by atoms with van der Waals surface area (Å²) in [4.78, 5) is 24.3. The third-order valence-corrected chi connectivity index (χ3v) is 3.72. The van der Waals surface area contributed by atoms with E-state index in [9.17, 15) is 9.59 Å². The molecule has 0 spiro atoms. The Morgan fingerprint density at radius 3 is 2.75 bits per heavy atom. The van der Waals surface area contributed by atoms with E-state index < -0.39 is 5.97 Å². The van der Waals surface area contributed by atoms with Crippen molar-refractivity contribution >= 4 is 11.9 Å². The lowest BCUT2D eigenvalue weighted by Gasteiger charge is -2.38. The minimum atomic E-state index is -1.09. The highest BCUT2D eigenvalue weighted by molar-refractivity contribution is 5.84. The summed E-state index contributed by atoms with van der Waals surface area (Å²) in [5.74, 6) is -0.246. The third-order valence-electron chi connectivity index (χ3n) is 3.72. The van der Waals surface area contributed by atoms with Gasteiger partial charge in [-0.05, 0) is 25.3 Å². The van der Waals surface area contributed by atoms with Crippen molar-refractivity contribution in [3.63, 3.8) is 0 Å². The van der Waals surface area contributed by atoms with Gasteiger partial charge >= 0.3 is 5.97 Å². The smallest absolute Gasteiger partial charge is 0.358 e. The number of hydrogen-bond donors (Lipinski definition) is 2. The number of carbonyl (C=O) groups excluding carboxylic acids is 1. The normalized spacial score (nSPS) is 18.9. The highest BCUT2D eigenvalue weighted by atomic mass is 16.4. The van der Waals surface area contributed by atoms with Gasteiger partial charge in [0.1, 0.15) is 0 Å². The van der Waals surface area contributed by atoms with Crippen LogP contribution in [0, 0.1) is 5.92 Å². The molecule has 0 bridgehead atoms. The van der Waals surface area contributed by atoms with E-state index in [2.05, 4.69) is 15.6 Å². The lowest BCUT2D eigenvalue weighted by atomic mass is 10.1. The number of nitrogens with zero attached hydrogens (tertiary/aromatic N) is 4. The molecule has 0 atom stereocenters. The minimum Gasteiger partial charge on any atom is -0.476 e. The predicted molar refractivity (Wildman–Crippen MR) is 68.2 cm³/mol. The summed E-state index contributed by atoms with van der Waals surface area (Å²) in [6.07, 6.45) is 3.94. The number of carbonyl (C=O) groups is 2. The molecule has 0 radical (unpaired) electrons. The summed E-state index contributed by atoms with van der Waals surface area (Å²) >= 11 is 0. The number of likely N-dealkylation sites (tertiary alicyclic amines) is 1. The number of hydrogen-bond acceptors (Lipinski definition) is 5. The van der Waals surface area contributed by atoms with E-state index in [-0.39, 0.29) is 17.6 Å². The van der Waals surface area contributed by atoms with E-state index in [0.29, 0.717) is 19.6 Å². The quantitative estimate of drug-likeness (QED) is 0.718. The van der Waals surface area contributed by atoms with Gasteiger partial charge in [-0.3, -0.25) is 4.79 Å². The van der Waals surface area contributed by atoms with Crippen LogP contribution in [0.2, 0.25) is 0 Å². The molecular formula is C12H17N5O3. The zero-order valence-electron chi connectivity index (χ0n) is 11.0. The first kappa shape index (κ1) is 13.0. The van der Waals surface area contributed by atoms with Crippen molar-refractivity contribution in [3.8, 4) is 0 Å². The molecule has 1 aromatic heterocycles. The minimum absolute atomic E-state index is 0.0305. The molecule has 108 valence electrons. The van der Waals surface area contributed by atoms with Crippen molar-refractivity contribution in [1.82, 2.24) is 25.2 Å².